The Hall–Kier alpha value is -1.81. The lowest BCUT2D eigenvalue weighted by molar-refractivity contribution is -0.127. The van der Waals surface area contributed by atoms with Gasteiger partial charge in [-0.1, -0.05) is 18.6 Å². The van der Waals surface area contributed by atoms with Gasteiger partial charge in [0, 0.05) is 25.2 Å². The number of piperidine rings is 1. The van der Waals surface area contributed by atoms with Crippen molar-refractivity contribution in [3.8, 4) is 5.75 Å². The van der Waals surface area contributed by atoms with Crippen LogP contribution in [-0.2, 0) is 4.79 Å². The molecule has 1 amide bonds. The van der Waals surface area contributed by atoms with Gasteiger partial charge in [-0.3, -0.25) is 4.79 Å². The number of rotatable bonds is 5. The number of hydrogen-bond acceptors (Lipinski definition) is 3. The predicted octanol–water partition coefficient (Wildman–Crippen LogP) is 3.19. The topological polar surface area (TPSA) is 32.8 Å². The predicted molar refractivity (Wildman–Crippen MR) is 97.1 cm³/mol. The third kappa shape index (κ3) is 4.38. The van der Waals surface area contributed by atoms with Crippen LogP contribution in [0.4, 0.5) is 0 Å². The van der Waals surface area contributed by atoms with Crippen LogP contribution in [0, 0.1) is 0 Å². The maximum absolute atomic E-state index is 12.6. The quantitative estimate of drug-likeness (QED) is 0.778. The Morgan fingerprint density at radius 3 is 2.58 bits per heavy atom. The first-order valence-electron chi connectivity index (χ1n) is 9.11. The number of benzene rings is 1. The van der Waals surface area contributed by atoms with E-state index in [1.54, 1.807) is 13.2 Å². The van der Waals surface area contributed by atoms with Gasteiger partial charge in [0.1, 0.15) is 5.75 Å². The van der Waals surface area contributed by atoms with Crippen molar-refractivity contribution in [2.75, 3.05) is 33.3 Å². The Kier molecular flexibility index (Phi) is 5.91. The van der Waals surface area contributed by atoms with Gasteiger partial charge in [-0.2, -0.15) is 0 Å². The molecule has 0 spiro atoms. The van der Waals surface area contributed by atoms with Crippen LogP contribution in [-0.4, -0.2) is 55.0 Å². The second-order valence-corrected chi connectivity index (χ2v) is 6.80. The number of hydrogen-bond donors (Lipinski definition) is 0. The standard InChI is InChI=1S/C20H28N2O2/c1-24-19-10-7-17(8-11-19)9-12-20(23)22-15-5-6-18(22)16-21-13-3-2-4-14-21/h7-12,18H,2-6,13-16H2,1H3/t18-/m0/s1. The molecule has 2 heterocycles. The average molecular weight is 328 g/mol. The zero-order chi connectivity index (χ0) is 16.8. The summed E-state index contributed by atoms with van der Waals surface area (Å²) in [5, 5.41) is 0. The van der Waals surface area contributed by atoms with Gasteiger partial charge in [-0.15, -0.1) is 0 Å². The van der Waals surface area contributed by atoms with Crippen molar-refractivity contribution in [2.45, 2.75) is 38.1 Å². The number of carbonyl (C=O) groups excluding carboxylic acids is 1. The molecule has 1 aromatic rings. The first-order chi connectivity index (χ1) is 11.8. The van der Waals surface area contributed by atoms with E-state index in [-0.39, 0.29) is 5.91 Å². The lowest BCUT2D eigenvalue weighted by atomic mass is 10.1. The Labute approximate surface area is 145 Å². The summed E-state index contributed by atoms with van der Waals surface area (Å²) < 4.78 is 5.16. The fourth-order valence-corrected chi connectivity index (χ4v) is 3.73. The van der Waals surface area contributed by atoms with E-state index in [1.165, 1.54) is 32.4 Å². The molecule has 1 aromatic carbocycles. The summed E-state index contributed by atoms with van der Waals surface area (Å²) in [7, 11) is 1.66. The van der Waals surface area contributed by atoms with Crippen LogP contribution in [0.15, 0.2) is 30.3 Å². The maximum atomic E-state index is 12.6. The van der Waals surface area contributed by atoms with Crippen molar-refractivity contribution < 1.29 is 9.53 Å². The third-order valence-corrected chi connectivity index (χ3v) is 5.11. The maximum Gasteiger partial charge on any atom is 0.246 e. The molecule has 4 heteroatoms. The van der Waals surface area contributed by atoms with Crippen LogP contribution in [0.5, 0.6) is 5.75 Å². The van der Waals surface area contributed by atoms with Crippen LogP contribution in [0.3, 0.4) is 0 Å². The Bertz CT molecular complexity index is 562. The molecule has 0 aromatic heterocycles. The lowest BCUT2D eigenvalue weighted by Crippen LogP contribution is -2.44. The number of carbonyl (C=O) groups is 1. The van der Waals surface area contributed by atoms with Crippen molar-refractivity contribution in [1.82, 2.24) is 9.80 Å². The molecule has 0 aliphatic carbocycles. The second-order valence-electron chi connectivity index (χ2n) is 6.80. The third-order valence-electron chi connectivity index (χ3n) is 5.11. The highest BCUT2D eigenvalue weighted by molar-refractivity contribution is 5.92. The molecule has 0 N–H and O–H groups in total. The Balaban J connectivity index is 1.56. The van der Waals surface area contributed by atoms with E-state index in [2.05, 4.69) is 9.80 Å². The molecule has 0 unspecified atom stereocenters. The van der Waals surface area contributed by atoms with Crippen LogP contribution in [0.2, 0.25) is 0 Å². The van der Waals surface area contributed by atoms with E-state index < -0.39 is 0 Å². The molecular formula is C20H28N2O2. The second kappa shape index (κ2) is 8.34. The highest BCUT2D eigenvalue weighted by Gasteiger charge is 2.29. The van der Waals surface area contributed by atoms with E-state index in [1.807, 2.05) is 30.3 Å². The minimum atomic E-state index is 0.144. The molecule has 2 aliphatic rings. The summed E-state index contributed by atoms with van der Waals surface area (Å²) in [6.45, 7) is 4.33. The van der Waals surface area contributed by atoms with Crippen LogP contribution in [0.25, 0.3) is 6.08 Å². The molecule has 0 radical (unpaired) electrons. The highest BCUT2D eigenvalue weighted by Crippen LogP contribution is 2.21. The fourth-order valence-electron chi connectivity index (χ4n) is 3.73. The zero-order valence-electron chi connectivity index (χ0n) is 14.6. The van der Waals surface area contributed by atoms with Gasteiger partial charge in [0.2, 0.25) is 5.91 Å². The number of ether oxygens (including phenoxy) is 1. The first-order valence-corrected chi connectivity index (χ1v) is 9.11. The molecule has 3 rings (SSSR count). The van der Waals surface area contributed by atoms with E-state index in [0.717, 1.165) is 37.2 Å². The van der Waals surface area contributed by atoms with Gasteiger partial charge in [0.05, 0.1) is 7.11 Å². The lowest BCUT2D eigenvalue weighted by Gasteiger charge is -2.32. The van der Waals surface area contributed by atoms with Crippen molar-refractivity contribution in [2.24, 2.45) is 0 Å². The molecule has 0 saturated carbocycles. The number of nitrogens with zero attached hydrogens (tertiary/aromatic N) is 2. The molecule has 2 saturated heterocycles. The normalized spacial score (nSPS) is 22.2. The zero-order valence-corrected chi connectivity index (χ0v) is 14.6. The van der Waals surface area contributed by atoms with E-state index in [4.69, 9.17) is 4.74 Å². The van der Waals surface area contributed by atoms with Gasteiger partial charge in [0.15, 0.2) is 0 Å². The van der Waals surface area contributed by atoms with E-state index >= 15 is 0 Å². The fraction of sp³-hybridized carbons (Fsp3) is 0.550. The molecule has 24 heavy (non-hydrogen) atoms. The van der Waals surface area contributed by atoms with Gasteiger partial charge in [-0.05, 0) is 62.5 Å². The summed E-state index contributed by atoms with van der Waals surface area (Å²) in [4.78, 5) is 17.2. The van der Waals surface area contributed by atoms with Gasteiger partial charge in [0.25, 0.3) is 0 Å². The van der Waals surface area contributed by atoms with E-state index in [0.29, 0.717) is 6.04 Å². The van der Waals surface area contributed by atoms with Crippen LogP contribution in [0.1, 0.15) is 37.7 Å². The summed E-state index contributed by atoms with van der Waals surface area (Å²) in [5.41, 5.74) is 1.02. The minimum Gasteiger partial charge on any atom is -0.497 e. The highest BCUT2D eigenvalue weighted by atomic mass is 16.5. The molecule has 2 aliphatic heterocycles. The van der Waals surface area contributed by atoms with Gasteiger partial charge in [-0.25, -0.2) is 0 Å². The largest absolute Gasteiger partial charge is 0.497 e. The molecule has 1 atom stereocenters. The smallest absolute Gasteiger partial charge is 0.246 e. The molecular weight excluding hydrogens is 300 g/mol. The summed E-state index contributed by atoms with van der Waals surface area (Å²) in [6.07, 6.45) is 9.85. The van der Waals surface area contributed by atoms with Crippen molar-refractivity contribution >= 4 is 12.0 Å². The average Bonchev–Trinajstić information content (AvgIpc) is 3.09. The van der Waals surface area contributed by atoms with Gasteiger partial charge >= 0.3 is 0 Å². The summed E-state index contributed by atoms with van der Waals surface area (Å²) in [5.74, 6) is 0.977. The number of methoxy groups -OCH3 is 1. The Morgan fingerprint density at radius 1 is 1.12 bits per heavy atom. The molecule has 4 nitrogen and oxygen atoms in total. The SMILES string of the molecule is COc1ccc(C=CC(=O)N2CCC[C@H]2CN2CCCCC2)cc1. The monoisotopic (exact) mass is 328 g/mol. The van der Waals surface area contributed by atoms with E-state index in [9.17, 15) is 4.79 Å². The molecule has 2 fully saturated rings. The van der Waals surface area contributed by atoms with Crippen molar-refractivity contribution in [3.05, 3.63) is 35.9 Å². The van der Waals surface area contributed by atoms with Gasteiger partial charge < -0.3 is 14.5 Å². The summed E-state index contributed by atoms with van der Waals surface area (Å²) in [6, 6.07) is 8.16. The van der Waals surface area contributed by atoms with Crippen molar-refractivity contribution in [3.63, 3.8) is 0 Å². The minimum absolute atomic E-state index is 0.144. The van der Waals surface area contributed by atoms with Crippen LogP contribution < -0.4 is 4.74 Å². The molecule has 0 bridgehead atoms. The van der Waals surface area contributed by atoms with Crippen LogP contribution >= 0.6 is 0 Å². The summed E-state index contributed by atoms with van der Waals surface area (Å²) >= 11 is 0. The number of amides is 1. The number of likely N-dealkylation sites (tertiary alicyclic amines) is 2. The first kappa shape index (κ1) is 17.0. The Morgan fingerprint density at radius 2 is 1.88 bits per heavy atom. The van der Waals surface area contributed by atoms with Crippen molar-refractivity contribution in [1.29, 1.82) is 0 Å². The molecule has 130 valence electrons.